The molecule has 0 saturated carbocycles. The molecule has 0 aromatic carbocycles. The Morgan fingerprint density at radius 1 is 1.08 bits per heavy atom. The van der Waals surface area contributed by atoms with Crippen molar-refractivity contribution in [1.82, 2.24) is 20.2 Å². The van der Waals surface area contributed by atoms with Crippen LogP contribution < -0.4 is 0 Å². The van der Waals surface area contributed by atoms with Gasteiger partial charge in [-0.25, -0.2) is 9.97 Å². The number of hydrogen-bond acceptors (Lipinski definition) is 3. The van der Waals surface area contributed by atoms with Gasteiger partial charge in [0.2, 0.25) is 0 Å². The van der Waals surface area contributed by atoms with Crippen LogP contribution in [-0.2, 0) is 0 Å². The summed E-state index contributed by atoms with van der Waals surface area (Å²) in [6, 6.07) is 0. The molecule has 13 heavy (non-hydrogen) atoms. The van der Waals surface area contributed by atoms with Crippen molar-refractivity contribution in [3.8, 4) is 0 Å². The van der Waals surface area contributed by atoms with Gasteiger partial charge in [-0.1, -0.05) is 27.7 Å². The number of aromatic nitrogens is 4. The van der Waals surface area contributed by atoms with Gasteiger partial charge in [-0.15, -0.1) is 0 Å². The summed E-state index contributed by atoms with van der Waals surface area (Å²) < 4.78 is 0. The van der Waals surface area contributed by atoms with Gasteiger partial charge in [-0.05, 0) is 0 Å². The average Bonchev–Trinajstić information content (AvgIpc) is 2.71. The molecule has 0 saturated heterocycles. The Kier molecular flexibility index (Phi) is 6.41. The normalized spacial score (nSPS) is 8.00. The monoisotopic (exact) mass is 180 g/mol. The SMILES string of the molecule is CC.CC.c1ncc2cn[nH]c2n1. The Morgan fingerprint density at radius 2 is 1.77 bits per heavy atom. The zero-order valence-electron chi connectivity index (χ0n) is 8.57. The average molecular weight is 180 g/mol. The van der Waals surface area contributed by atoms with E-state index >= 15 is 0 Å². The first-order valence-corrected chi connectivity index (χ1v) is 4.56. The van der Waals surface area contributed by atoms with Crippen LogP contribution in [0.4, 0.5) is 0 Å². The summed E-state index contributed by atoms with van der Waals surface area (Å²) in [7, 11) is 0. The highest BCUT2D eigenvalue weighted by molar-refractivity contribution is 5.71. The molecule has 0 bridgehead atoms. The quantitative estimate of drug-likeness (QED) is 0.677. The predicted octanol–water partition coefficient (Wildman–Crippen LogP) is 2.41. The van der Waals surface area contributed by atoms with E-state index in [-0.39, 0.29) is 0 Å². The highest BCUT2D eigenvalue weighted by atomic mass is 15.1. The van der Waals surface area contributed by atoms with Crippen molar-refractivity contribution in [2.45, 2.75) is 27.7 Å². The van der Waals surface area contributed by atoms with Gasteiger partial charge in [0.15, 0.2) is 5.65 Å². The van der Waals surface area contributed by atoms with Crippen LogP contribution in [0.25, 0.3) is 11.0 Å². The van der Waals surface area contributed by atoms with Crippen molar-refractivity contribution >= 4 is 11.0 Å². The molecule has 0 aliphatic rings. The molecule has 2 heterocycles. The Morgan fingerprint density at radius 3 is 2.38 bits per heavy atom. The second-order valence-corrected chi connectivity index (χ2v) is 1.70. The third-order valence-electron chi connectivity index (χ3n) is 1.11. The van der Waals surface area contributed by atoms with Crippen molar-refractivity contribution in [2.75, 3.05) is 0 Å². The number of aromatic amines is 1. The molecule has 0 atom stereocenters. The number of hydrogen-bond donors (Lipinski definition) is 1. The standard InChI is InChI=1S/C5H4N4.2C2H6/c1-4-2-8-9-5(4)7-3-6-1;2*1-2/h1-3H,(H,6,7,8,9);2*1-2H3. The van der Waals surface area contributed by atoms with Gasteiger partial charge < -0.3 is 0 Å². The predicted molar refractivity (Wildman–Crippen MR) is 54.4 cm³/mol. The van der Waals surface area contributed by atoms with E-state index in [2.05, 4.69) is 20.2 Å². The number of rotatable bonds is 0. The van der Waals surface area contributed by atoms with Crippen LogP contribution >= 0.6 is 0 Å². The highest BCUT2D eigenvalue weighted by Crippen LogP contribution is 2.01. The molecule has 1 N–H and O–H groups in total. The fraction of sp³-hybridized carbons (Fsp3) is 0.444. The van der Waals surface area contributed by atoms with Gasteiger partial charge in [0.25, 0.3) is 0 Å². The summed E-state index contributed by atoms with van der Waals surface area (Å²) in [5, 5.41) is 7.43. The minimum Gasteiger partial charge on any atom is -0.261 e. The molecule has 2 rings (SSSR count). The Bertz CT molecular complexity index is 286. The largest absolute Gasteiger partial charge is 0.261 e. The van der Waals surface area contributed by atoms with E-state index in [1.54, 1.807) is 12.4 Å². The summed E-state index contributed by atoms with van der Waals surface area (Å²) in [4.78, 5) is 7.73. The fourth-order valence-corrected chi connectivity index (χ4v) is 0.691. The highest BCUT2D eigenvalue weighted by Gasteiger charge is 1.90. The van der Waals surface area contributed by atoms with Gasteiger partial charge in [0.05, 0.1) is 11.6 Å². The molecule has 0 aliphatic carbocycles. The van der Waals surface area contributed by atoms with Gasteiger partial charge >= 0.3 is 0 Å². The van der Waals surface area contributed by atoms with Gasteiger partial charge in [0.1, 0.15) is 6.33 Å². The van der Waals surface area contributed by atoms with Crippen molar-refractivity contribution in [3.05, 3.63) is 18.7 Å². The van der Waals surface area contributed by atoms with Crippen molar-refractivity contribution < 1.29 is 0 Å². The summed E-state index contributed by atoms with van der Waals surface area (Å²) in [6.45, 7) is 8.00. The summed E-state index contributed by atoms with van der Waals surface area (Å²) in [5.74, 6) is 0. The molecule has 4 nitrogen and oxygen atoms in total. The molecular weight excluding hydrogens is 164 g/mol. The number of fused-ring (bicyclic) bond motifs is 1. The molecule has 0 aliphatic heterocycles. The number of H-pyrrole nitrogens is 1. The second kappa shape index (κ2) is 7.21. The third-order valence-corrected chi connectivity index (χ3v) is 1.11. The first-order chi connectivity index (χ1) is 6.47. The van der Waals surface area contributed by atoms with E-state index in [9.17, 15) is 0 Å². The molecule has 2 aromatic rings. The van der Waals surface area contributed by atoms with Crippen LogP contribution in [0.15, 0.2) is 18.7 Å². The summed E-state index contributed by atoms with van der Waals surface area (Å²) >= 11 is 0. The zero-order valence-corrected chi connectivity index (χ0v) is 8.57. The van der Waals surface area contributed by atoms with E-state index in [0.29, 0.717) is 0 Å². The number of nitrogens with one attached hydrogen (secondary N) is 1. The van der Waals surface area contributed by atoms with E-state index in [0.717, 1.165) is 11.0 Å². The zero-order chi connectivity index (χ0) is 10.1. The first-order valence-electron chi connectivity index (χ1n) is 4.56. The maximum atomic E-state index is 3.91. The minimum absolute atomic E-state index is 0.782. The van der Waals surface area contributed by atoms with Crippen LogP contribution in [0, 0.1) is 0 Å². The molecule has 4 heteroatoms. The van der Waals surface area contributed by atoms with Gasteiger partial charge in [0, 0.05) is 6.20 Å². The maximum Gasteiger partial charge on any atom is 0.158 e. The molecule has 0 unspecified atom stereocenters. The van der Waals surface area contributed by atoms with Gasteiger partial charge in [-0.2, -0.15) is 5.10 Å². The Labute approximate surface area is 78.4 Å². The van der Waals surface area contributed by atoms with E-state index < -0.39 is 0 Å². The van der Waals surface area contributed by atoms with Crippen LogP contribution in [0.1, 0.15) is 27.7 Å². The van der Waals surface area contributed by atoms with Gasteiger partial charge in [-0.3, -0.25) is 5.10 Å². The minimum atomic E-state index is 0.782. The van der Waals surface area contributed by atoms with E-state index in [1.165, 1.54) is 6.33 Å². The fourth-order valence-electron chi connectivity index (χ4n) is 0.691. The lowest BCUT2D eigenvalue weighted by Gasteiger charge is -1.80. The second-order valence-electron chi connectivity index (χ2n) is 1.70. The number of nitrogens with zero attached hydrogens (tertiary/aromatic N) is 3. The smallest absolute Gasteiger partial charge is 0.158 e. The first kappa shape index (κ1) is 11.6. The molecule has 72 valence electrons. The summed E-state index contributed by atoms with van der Waals surface area (Å²) in [5.41, 5.74) is 0.782. The Hall–Kier alpha value is -1.45. The molecule has 0 amide bonds. The van der Waals surface area contributed by atoms with Crippen molar-refractivity contribution in [2.24, 2.45) is 0 Å². The van der Waals surface area contributed by atoms with E-state index in [1.807, 2.05) is 27.7 Å². The van der Waals surface area contributed by atoms with Crippen molar-refractivity contribution in [1.29, 1.82) is 0 Å². The molecule has 0 spiro atoms. The van der Waals surface area contributed by atoms with Crippen LogP contribution in [0.3, 0.4) is 0 Å². The van der Waals surface area contributed by atoms with Crippen LogP contribution in [-0.4, -0.2) is 20.2 Å². The summed E-state index contributed by atoms with van der Waals surface area (Å²) in [6.07, 6.45) is 4.89. The lowest BCUT2D eigenvalue weighted by molar-refractivity contribution is 1.09. The molecule has 2 aromatic heterocycles. The van der Waals surface area contributed by atoms with Crippen LogP contribution in [0.2, 0.25) is 0 Å². The molecular formula is C9H16N4. The lowest BCUT2D eigenvalue weighted by atomic mass is 10.5. The lowest BCUT2D eigenvalue weighted by Crippen LogP contribution is -1.75. The van der Waals surface area contributed by atoms with E-state index in [4.69, 9.17) is 0 Å². The topological polar surface area (TPSA) is 54.5 Å². The molecule has 0 fully saturated rings. The Balaban J connectivity index is 0.000000322. The maximum absolute atomic E-state index is 3.91. The third kappa shape index (κ3) is 3.19. The van der Waals surface area contributed by atoms with Crippen molar-refractivity contribution in [3.63, 3.8) is 0 Å². The molecule has 0 radical (unpaired) electrons. The van der Waals surface area contributed by atoms with Crippen LogP contribution in [0.5, 0.6) is 0 Å².